The Hall–Kier alpha value is -4.79. The maximum absolute atomic E-state index is 15.1. The van der Waals surface area contributed by atoms with Gasteiger partial charge in [0, 0.05) is 84.2 Å². The molecule has 12 rings (SSSR count). The van der Waals surface area contributed by atoms with Crippen LogP contribution in [0, 0.1) is 0 Å². The second-order valence-corrected chi connectivity index (χ2v) is 23.4. The average Bonchev–Trinajstić information content (AvgIpc) is 1.14. The Bertz CT molecular complexity index is 3210. The molecule has 80 heavy (non-hydrogen) atoms. The monoisotopic (exact) mass is 1110 g/mol. The van der Waals surface area contributed by atoms with E-state index in [-0.39, 0.29) is 75.3 Å². The summed E-state index contributed by atoms with van der Waals surface area (Å²) in [5.41, 5.74) is -5.91. The molecule has 432 valence electrons. The molecule has 7 N–H and O–H groups in total. The van der Waals surface area contributed by atoms with Crippen molar-refractivity contribution in [2.75, 3.05) is 0 Å². The molecule has 6 aliphatic heterocycles. The second-order valence-electron chi connectivity index (χ2n) is 23.4. The molecule has 21 nitrogen and oxygen atoms in total. The zero-order chi connectivity index (χ0) is 56.3. The molecule has 1 saturated carbocycles. The molecule has 8 aliphatic rings. The van der Waals surface area contributed by atoms with Crippen molar-refractivity contribution < 1.29 is 92.3 Å². The average molecular weight is 1110 g/mol. The molecule has 6 fully saturated rings. The number of carbonyl (C=O) groups excluding carboxylic acids is 1. The summed E-state index contributed by atoms with van der Waals surface area (Å²) >= 11 is 0. The molecule has 20 unspecified atom stereocenters. The Morgan fingerprint density at radius 3 is 1.86 bits per heavy atom. The van der Waals surface area contributed by atoms with Gasteiger partial charge in [-0.05, 0) is 85.1 Å². The smallest absolute Gasteiger partial charge is 0.344 e. The van der Waals surface area contributed by atoms with Crippen molar-refractivity contribution >= 4 is 51.1 Å². The Labute approximate surface area is 460 Å². The minimum Gasteiger partial charge on any atom is -0.507 e. The topological polar surface area (TPSA) is 294 Å². The van der Waals surface area contributed by atoms with Crippen LogP contribution in [-0.2, 0) is 57.8 Å². The number of ether oxygens (including phenoxy) is 10. The Morgan fingerprint density at radius 1 is 0.650 bits per heavy atom. The van der Waals surface area contributed by atoms with Gasteiger partial charge in [-0.15, -0.1) is 0 Å². The predicted molar refractivity (Wildman–Crippen MR) is 283 cm³/mol. The van der Waals surface area contributed by atoms with Gasteiger partial charge in [-0.1, -0.05) is 24.3 Å². The summed E-state index contributed by atoms with van der Waals surface area (Å²) in [4.78, 5) is 34.1. The highest BCUT2D eigenvalue weighted by molar-refractivity contribution is 6.21. The van der Waals surface area contributed by atoms with Crippen LogP contribution >= 0.6 is 0 Å². The number of phenols is 2. The number of para-hydroxylation sites is 1. The summed E-state index contributed by atoms with van der Waals surface area (Å²) in [5.74, 6) is -1.56. The first kappa shape index (κ1) is 55.7. The molecule has 5 saturated heterocycles. The van der Waals surface area contributed by atoms with Crippen LogP contribution in [0.15, 0.2) is 56.7 Å². The fourth-order valence-corrected chi connectivity index (χ4v) is 13.5. The Balaban J connectivity index is 0.742. The van der Waals surface area contributed by atoms with Gasteiger partial charge in [0.05, 0.1) is 82.9 Å². The van der Waals surface area contributed by atoms with Crippen LogP contribution in [-0.4, -0.2) is 164 Å². The van der Waals surface area contributed by atoms with E-state index in [1.807, 2.05) is 25.1 Å². The Morgan fingerprint density at radius 2 is 1.23 bits per heavy atom. The summed E-state index contributed by atoms with van der Waals surface area (Å²) < 4.78 is 69.7. The van der Waals surface area contributed by atoms with Gasteiger partial charge >= 0.3 is 5.63 Å². The van der Waals surface area contributed by atoms with E-state index >= 15 is 4.79 Å². The quantitative estimate of drug-likeness (QED) is 0.107. The second kappa shape index (κ2) is 21.1. The lowest BCUT2D eigenvalue weighted by atomic mass is 9.59. The van der Waals surface area contributed by atoms with Gasteiger partial charge in [0.15, 0.2) is 42.8 Å². The minimum atomic E-state index is -2.43. The molecule has 0 spiro atoms. The number of fused-ring (bicyclic) bond motifs is 5. The number of aliphatic imine (C=N–C) groups is 1. The lowest BCUT2D eigenvalue weighted by Gasteiger charge is -2.54. The zero-order valence-electron chi connectivity index (χ0n) is 45.5. The summed E-state index contributed by atoms with van der Waals surface area (Å²) in [6.07, 6.45) is -5.40. The standard InChI is InChI=1S/C59H71NO20/c1-26-36(61)13-16-43(70-26)77-40-21-46(73-29(4)52(40)64)75-38-14-17-44(71-27(38)2)78-41-22-47(74-30(5)53(41)65)76-39-15-18-45(72-28(39)3)80-59-42(63)23-57(6,68)25-58(59,69)20-19-33-51(59)55-49-32(11-12-37(62)50(49)54(33)66)48(56(67)79-55)34-24-60-35-10-8-7-9-31(34)35/h7-12,19-20,24,26-30,36,38-41,43-47,52-53,61-62,64-66,68-69H,13-18,21-23,25H2,1-6H3. The van der Waals surface area contributed by atoms with Crippen LogP contribution in [0.3, 0.4) is 0 Å². The molecule has 20 atom stereocenters. The normalized spacial score (nSPS) is 41.7. The van der Waals surface area contributed by atoms with E-state index in [2.05, 4.69) is 4.99 Å². The van der Waals surface area contributed by atoms with Crippen molar-refractivity contribution in [2.45, 2.75) is 227 Å². The molecule has 3 aromatic carbocycles. The predicted octanol–water partition coefficient (Wildman–Crippen LogP) is 4.54. The van der Waals surface area contributed by atoms with E-state index < -0.39 is 139 Å². The highest BCUT2D eigenvalue weighted by Crippen LogP contribution is 2.58. The lowest BCUT2D eigenvalue weighted by Crippen LogP contribution is -2.67. The first-order valence-corrected chi connectivity index (χ1v) is 28.1. The van der Waals surface area contributed by atoms with Crippen molar-refractivity contribution in [1.82, 2.24) is 0 Å². The van der Waals surface area contributed by atoms with Crippen molar-refractivity contribution in [3.05, 3.63) is 74.8 Å². The molecular formula is C59H71NO20. The Kier molecular flexibility index (Phi) is 14.7. The number of carbonyl (C=O) groups is 1. The number of benzene rings is 3. The first-order valence-electron chi connectivity index (χ1n) is 28.1. The van der Waals surface area contributed by atoms with Gasteiger partial charge in [0.25, 0.3) is 0 Å². The largest absolute Gasteiger partial charge is 0.507 e. The summed E-state index contributed by atoms with van der Waals surface area (Å²) in [6, 6.07) is 10.1. The maximum atomic E-state index is 15.1. The highest BCUT2D eigenvalue weighted by atomic mass is 16.7. The number of hydrogen-bond donors (Lipinski definition) is 7. The van der Waals surface area contributed by atoms with Crippen molar-refractivity contribution in [2.24, 2.45) is 4.99 Å². The third-order valence-corrected chi connectivity index (χ3v) is 17.6. The molecular weight excluding hydrogens is 1040 g/mol. The van der Waals surface area contributed by atoms with E-state index in [1.54, 1.807) is 40.0 Å². The molecule has 1 aromatic heterocycles. The molecule has 0 bridgehead atoms. The molecule has 2 aliphatic carbocycles. The fraction of sp³-hybridized carbons (Fsp3) is 0.610. The van der Waals surface area contributed by atoms with Crippen molar-refractivity contribution in [3.8, 4) is 11.5 Å². The third-order valence-electron chi connectivity index (χ3n) is 17.6. The number of rotatable bonds is 10. The van der Waals surface area contributed by atoms with Crippen LogP contribution < -0.4 is 10.8 Å². The third kappa shape index (κ3) is 9.72. The van der Waals surface area contributed by atoms with E-state index in [1.165, 1.54) is 31.2 Å². The highest BCUT2D eigenvalue weighted by Gasteiger charge is 2.67. The van der Waals surface area contributed by atoms with E-state index in [0.29, 0.717) is 48.9 Å². The van der Waals surface area contributed by atoms with Gasteiger partial charge in [-0.25, -0.2) is 4.79 Å². The number of aliphatic hydroxyl groups excluding tert-OH is 3. The van der Waals surface area contributed by atoms with E-state index in [9.17, 15) is 40.5 Å². The number of Topliss-reactive ketones (excluding diaryl/α,β-unsaturated/α-hetero) is 1. The molecule has 21 heteroatoms. The van der Waals surface area contributed by atoms with E-state index in [0.717, 1.165) is 0 Å². The number of phenolic OH excluding ortho intramolecular Hbond substituents is 2. The van der Waals surface area contributed by atoms with Gasteiger partial charge in [-0.3, -0.25) is 9.79 Å². The number of ketones is 1. The van der Waals surface area contributed by atoms with Crippen molar-refractivity contribution in [3.63, 3.8) is 0 Å². The van der Waals surface area contributed by atoms with Crippen LogP contribution in [0.1, 0.15) is 122 Å². The van der Waals surface area contributed by atoms with Gasteiger partial charge < -0.3 is 87.5 Å². The van der Waals surface area contributed by atoms with Crippen LogP contribution in [0.4, 0.5) is 5.69 Å². The number of aliphatic hydroxyl groups is 5. The zero-order valence-corrected chi connectivity index (χ0v) is 45.5. The van der Waals surface area contributed by atoms with Crippen LogP contribution in [0.25, 0.3) is 33.4 Å². The SMILES string of the molecule is CC1OC(OC2CC(OC3CCC(OC4CC(OC5CCC(OC67C(=O)CC(C)(O)CC6(O)C=Cc6c7c7oc(=O)c(=C8C=Nc9ccccc98)c8ccc(O)c(c6O)c78)OC5C)OC(C)C4O)OC3C)OC(C)C2O)CCC1O. The molecule has 4 aromatic rings. The van der Waals surface area contributed by atoms with Gasteiger partial charge in [-0.2, -0.15) is 0 Å². The van der Waals surface area contributed by atoms with Gasteiger partial charge in [0.1, 0.15) is 34.9 Å². The van der Waals surface area contributed by atoms with Crippen molar-refractivity contribution in [1.29, 1.82) is 0 Å². The summed E-state index contributed by atoms with van der Waals surface area (Å²) in [6.45, 7) is 10.4. The number of hydrogen-bond acceptors (Lipinski definition) is 21. The molecule has 7 heterocycles. The summed E-state index contributed by atoms with van der Waals surface area (Å²) in [7, 11) is 0. The fourth-order valence-electron chi connectivity index (χ4n) is 13.5. The summed E-state index contributed by atoms with van der Waals surface area (Å²) in [5, 5.41) is 80.8. The molecule has 0 amide bonds. The van der Waals surface area contributed by atoms with Crippen LogP contribution in [0.5, 0.6) is 11.5 Å². The number of nitrogens with zero attached hydrogens (tertiary/aromatic N) is 1. The maximum Gasteiger partial charge on any atom is 0.344 e. The minimum absolute atomic E-state index is 0.0430. The first-order chi connectivity index (χ1) is 38.1. The van der Waals surface area contributed by atoms with Gasteiger partial charge in [0.2, 0.25) is 0 Å². The van der Waals surface area contributed by atoms with E-state index in [4.69, 9.17) is 51.8 Å². The number of aromatic hydroxyl groups is 2. The lowest BCUT2D eigenvalue weighted by molar-refractivity contribution is -0.335. The van der Waals surface area contributed by atoms with Crippen LogP contribution in [0.2, 0.25) is 0 Å². The molecule has 0 radical (unpaired) electrons.